The number of hydrogen-bond acceptors (Lipinski definition) is 3. The first-order valence-electron chi connectivity index (χ1n) is 2.80. The molecular formula is C6H5N3O. The van der Waals surface area contributed by atoms with Crippen LogP contribution in [0.3, 0.4) is 0 Å². The molecular weight excluding hydrogens is 130 g/mol. The van der Waals surface area contributed by atoms with Gasteiger partial charge in [0.2, 0.25) is 0 Å². The molecule has 0 fully saturated rings. The zero-order valence-corrected chi connectivity index (χ0v) is 5.19. The SMILES string of the molecule is C=Nn1cc2occc2n1. The largest absolute Gasteiger partial charge is 0.461 e. The lowest BCUT2D eigenvalue weighted by atomic mass is 10.5. The van der Waals surface area contributed by atoms with Gasteiger partial charge in [-0.05, 0) is 0 Å². The maximum absolute atomic E-state index is 5.03. The second-order valence-corrected chi connectivity index (χ2v) is 1.86. The average molecular weight is 135 g/mol. The minimum Gasteiger partial charge on any atom is -0.461 e. The van der Waals surface area contributed by atoms with Crippen LogP contribution >= 0.6 is 0 Å². The van der Waals surface area contributed by atoms with Gasteiger partial charge in [-0.2, -0.15) is 9.89 Å². The van der Waals surface area contributed by atoms with Crippen LogP contribution in [-0.2, 0) is 0 Å². The highest BCUT2D eigenvalue weighted by molar-refractivity contribution is 5.71. The molecule has 0 saturated carbocycles. The number of nitrogens with zero attached hydrogens (tertiary/aromatic N) is 3. The van der Waals surface area contributed by atoms with E-state index in [2.05, 4.69) is 16.9 Å². The predicted molar refractivity (Wildman–Crippen MR) is 36.9 cm³/mol. The van der Waals surface area contributed by atoms with Crippen LogP contribution in [0.5, 0.6) is 0 Å². The van der Waals surface area contributed by atoms with Crippen molar-refractivity contribution in [3.63, 3.8) is 0 Å². The van der Waals surface area contributed by atoms with Crippen LogP contribution in [0.4, 0.5) is 0 Å². The summed E-state index contributed by atoms with van der Waals surface area (Å²) in [4.78, 5) is 1.37. The molecule has 0 amide bonds. The van der Waals surface area contributed by atoms with Gasteiger partial charge in [-0.25, -0.2) is 0 Å². The molecule has 0 aliphatic carbocycles. The first-order chi connectivity index (χ1) is 4.90. The predicted octanol–water partition coefficient (Wildman–Crippen LogP) is 1.09. The fraction of sp³-hybridized carbons (Fsp3) is 0. The van der Waals surface area contributed by atoms with Crippen molar-refractivity contribution in [1.82, 2.24) is 9.89 Å². The van der Waals surface area contributed by atoms with E-state index in [9.17, 15) is 0 Å². The van der Waals surface area contributed by atoms with Crippen molar-refractivity contribution in [3.8, 4) is 0 Å². The molecule has 0 atom stereocenters. The number of aromatic nitrogens is 2. The Morgan fingerprint density at radius 1 is 1.70 bits per heavy atom. The summed E-state index contributed by atoms with van der Waals surface area (Å²) in [5.41, 5.74) is 1.53. The molecule has 4 nitrogen and oxygen atoms in total. The summed E-state index contributed by atoms with van der Waals surface area (Å²) in [6, 6.07) is 1.77. The normalized spacial score (nSPS) is 10.4. The number of hydrogen-bond donors (Lipinski definition) is 0. The lowest BCUT2D eigenvalue weighted by Crippen LogP contribution is -1.84. The molecule has 0 aromatic carbocycles. The Morgan fingerprint density at radius 2 is 2.60 bits per heavy atom. The van der Waals surface area contributed by atoms with Crippen LogP contribution in [0.25, 0.3) is 11.1 Å². The third-order valence-corrected chi connectivity index (χ3v) is 1.26. The van der Waals surface area contributed by atoms with Gasteiger partial charge >= 0.3 is 0 Å². The maximum Gasteiger partial charge on any atom is 0.174 e. The van der Waals surface area contributed by atoms with Crippen molar-refractivity contribution in [1.29, 1.82) is 0 Å². The quantitative estimate of drug-likeness (QED) is 0.549. The number of fused-ring (bicyclic) bond motifs is 1. The molecule has 0 saturated heterocycles. The Kier molecular flexibility index (Phi) is 0.887. The Morgan fingerprint density at radius 3 is 3.30 bits per heavy atom. The van der Waals surface area contributed by atoms with E-state index in [-0.39, 0.29) is 0 Å². The van der Waals surface area contributed by atoms with E-state index < -0.39 is 0 Å². The van der Waals surface area contributed by atoms with Crippen LogP contribution in [0.1, 0.15) is 0 Å². The second-order valence-electron chi connectivity index (χ2n) is 1.86. The lowest BCUT2D eigenvalue weighted by molar-refractivity contribution is 0.611. The molecule has 50 valence electrons. The van der Waals surface area contributed by atoms with E-state index in [1.54, 1.807) is 18.5 Å². The lowest BCUT2D eigenvalue weighted by Gasteiger charge is -1.81. The van der Waals surface area contributed by atoms with Gasteiger partial charge in [0.15, 0.2) is 5.58 Å². The highest BCUT2D eigenvalue weighted by Crippen LogP contribution is 2.11. The van der Waals surface area contributed by atoms with Gasteiger partial charge in [-0.3, -0.25) is 0 Å². The summed E-state index contributed by atoms with van der Waals surface area (Å²) in [5.74, 6) is 0. The van der Waals surface area contributed by atoms with E-state index in [1.807, 2.05) is 0 Å². The standard InChI is InChI=1S/C6H5N3O/c1-7-9-4-6-5(8-9)2-3-10-6/h2-4H,1H2. The van der Waals surface area contributed by atoms with Gasteiger partial charge in [0, 0.05) is 12.8 Å². The van der Waals surface area contributed by atoms with E-state index in [0.29, 0.717) is 0 Å². The minimum absolute atomic E-state index is 0.729. The topological polar surface area (TPSA) is 43.3 Å². The van der Waals surface area contributed by atoms with Crippen molar-refractivity contribution < 1.29 is 4.42 Å². The van der Waals surface area contributed by atoms with Gasteiger partial charge in [-0.15, -0.1) is 5.10 Å². The Labute approximate surface area is 56.7 Å². The van der Waals surface area contributed by atoms with Crippen LogP contribution < -0.4 is 0 Å². The smallest absolute Gasteiger partial charge is 0.174 e. The summed E-state index contributed by atoms with van der Waals surface area (Å²) in [6.45, 7) is 3.31. The molecule has 2 rings (SSSR count). The molecule has 0 aliphatic heterocycles. The molecule has 0 unspecified atom stereocenters. The summed E-state index contributed by atoms with van der Waals surface area (Å²) >= 11 is 0. The Hall–Kier alpha value is -1.58. The van der Waals surface area contributed by atoms with E-state index >= 15 is 0 Å². The molecule has 0 spiro atoms. The summed E-state index contributed by atoms with van der Waals surface area (Å²) < 4.78 is 5.03. The fourth-order valence-electron chi connectivity index (χ4n) is 0.810. The summed E-state index contributed by atoms with van der Waals surface area (Å²) in [6.07, 6.45) is 3.26. The van der Waals surface area contributed by atoms with Gasteiger partial charge in [-0.1, -0.05) is 0 Å². The van der Waals surface area contributed by atoms with Gasteiger partial charge in [0.25, 0.3) is 0 Å². The molecule has 2 heterocycles. The monoisotopic (exact) mass is 135 g/mol. The summed E-state index contributed by atoms with van der Waals surface area (Å²) in [5, 5.41) is 7.56. The molecule has 0 N–H and O–H groups in total. The van der Waals surface area contributed by atoms with Gasteiger partial charge < -0.3 is 4.42 Å². The zero-order chi connectivity index (χ0) is 6.97. The van der Waals surface area contributed by atoms with Crippen molar-refractivity contribution in [2.75, 3.05) is 0 Å². The third kappa shape index (κ3) is 0.556. The fourth-order valence-corrected chi connectivity index (χ4v) is 0.810. The highest BCUT2D eigenvalue weighted by Gasteiger charge is 1.99. The molecule has 0 radical (unpaired) electrons. The Balaban J connectivity index is 2.78. The average Bonchev–Trinajstić information content (AvgIpc) is 2.42. The zero-order valence-electron chi connectivity index (χ0n) is 5.19. The first kappa shape index (κ1) is 5.22. The maximum atomic E-state index is 5.03. The van der Waals surface area contributed by atoms with Crippen molar-refractivity contribution in [2.45, 2.75) is 0 Å². The first-order valence-corrected chi connectivity index (χ1v) is 2.80. The number of rotatable bonds is 1. The highest BCUT2D eigenvalue weighted by atomic mass is 16.3. The van der Waals surface area contributed by atoms with Gasteiger partial charge in [0.05, 0.1) is 12.5 Å². The van der Waals surface area contributed by atoms with Crippen molar-refractivity contribution in [2.24, 2.45) is 5.10 Å². The molecule has 0 bridgehead atoms. The van der Waals surface area contributed by atoms with Crippen LogP contribution in [0.15, 0.2) is 28.0 Å². The van der Waals surface area contributed by atoms with Crippen LogP contribution in [-0.4, -0.2) is 16.6 Å². The summed E-state index contributed by atoms with van der Waals surface area (Å²) in [7, 11) is 0. The van der Waals surface area contributed by atoms with E-state index in [1.165, 1.54) is 4.79 Å². The van der Waals surface area contributed by atoms with Gasteiger partial charge in [0.1, 0.15) is 5.52 Å². The molecule has 0 aliphatic rings. The second kappa shape index (κ2) is 1.70. The Bertz CT molecular complexity index is 331. The van der Waals surface area contributed by atoms with Crippen molar-refractivity contribution in [3.05, 3.63) is 18.5 Å². The van der Waals surface area contributed by atoms with Crippen molar-refractivity contribution >= 4 is 17.8 Å². The van der Waals surface area contributed by atoms with E-state index in [4.69, 9.17) is 4.42 Å². The molecule has 10 heavy (non-hydrogen) atoms. The molecule has 2 aromatic rings. The number of furan rings is 1. The third-order valence-electron chi connectivity index (χ3n) is 1.26. The molecule has 4 heteroatoms. The van der Waals surface area contributed by atoms with E-state index in [0.717, 1.165) is 11.1 Å². The van der Waals surface area contributed by atoms with Crippen LogP contribution in [0, 0.1) is 0 Å². The van der Waals surface area contributed by atoms with Crippen LogP contribution in [0.2, 0.25) is 0 Å². The molecule has 2 aromatic heterocycles. The minimum atomic E-state index is 0.729.